The highest BCUT2D eigenvalue weighted by atomic mass is 35.5. The highest BCUT2D eigenvalue weighted by molar-refractivity contribution is 5.85. The van der Waals surface area contributed by atoms with Crippen LogP contribution in [0.25, 0.3) is 0 Å². The van der Waals surface area contributed by atoms with Crippen molar-refractivity contribution in [2.24, 2.45) is 0 Å². The SMILES string of the molecule is CCC1CNCCN1C(=O)OCc1c(F)ccc(OCCCOc2ccccc2)c1F.Cl. The molecular weight excluding hydrogens is 442 g/mol. The smallest absolute Gasteiger partial charge is 0.410 e. The summed E-state index contributed by atoms with van der Waals surface area (Å²) in [6.45, 7) is 3.91. The van der Waals surface area contributed by atoms with E-state index in [0.717, 1.165) is 18.2 Å². The Labute approximate surface area is 193 Å². The molecule has 176 valence electrons. The number of piperazine rings is 1. The molecule has 3 rings (SSSR count). The Balaban J connectivity index is 0.00000363. The molecular formula is C23H29ClF2N2O4. The van der Waals surface area contributed by atoms with Gasteiger partial charge in [0.1, 0.15) is 18.2 Å². The molecule has 1 atom stereocenters. The zero-order chi connectivity index (χ0) is 22.1. The van der Waals surface area contributed by atoms with Crippen molar-refractivity contribution >= 4 is 18.5 Å². The van der Waals surface area contributed by atoms with Gasteiger partial charge in [-0.25, -0.2) is 13.6 Å². The largest absolute Gasteiger partial charge is 0.493 e. The molecule has 2 aromatic carbocycles. The van der Waals surface area contributed by atoms with Crippen molar-refractivity contribution in [1.29, 1.82) is 0 Å². The quantitative estimate of drug-likeness (QED) is 0.545. The van der Waals surface area contributed by atoms with E-state index in [1.165, 1.54) is 6.07 Å². The van der Waals surface area contributed by atoms with Crippen LogP contribution in [0.5, 0.6) is 11.5 Å². The van der Waals surface area contributed by atoms with E-state index in [0.29, 0.717) is 32.7 Å². The maximum atomic E-state index is 14.7. The van der Waals surface area contributed by atoms with Crippen molar-refractivity contribution < 1.29 is 27.8 Å². The molecule has 1 aliphatic heterocycles. The van der Waals surface area contributed by atoms with Gasteiger partial charge in [0.2, 0.25) is 0 Å². The minimum Gasteiger partial charge on any atom is -0.493 e. The summed E-state index contributed by atoms with van der Waals surface area (Å²) in [6, 6.07) is 11.7. The van der Waals surface area contributed by atoms with Crippen LogP contribution in [0.3, 0.4) is 0 Å². The van der Waals surface area contributed by atoms with Crippen molar-refractivity contribution in [3.05, 3.63) is 59.7 Å². The van der Waals surface area contributed by atoms with Gasteiger partial charge in [-0.3, -0.25) is 0 Å². The number of hydrogen-bond acceptors (Lipinski definition) is 5. The first-order valence-electron chi connectivity index (χ1n) is 10.5. The first-order valence-corrected chi connectivity index (χ1v) is 10.5. The average Bonchev–Trinajstić information content (AvgIpc) is 2.80. The Morgan fingerprint density at radius 1 is 1.12 bits per heavy atom. The third-order valence-corrected chi connectivity index (χ3v) is 5.10. The highest BCUT2D eigenvalue weighted by Gasteiger charge is 2.27. The molecule has 0 saturated carbocycles. The number of nitrogens with zero attached hydrogens (tertiary/aromatic N) is 1. The van der Waals surface area contributed by atoms with Crippen LogP contribution in [0.1, 0.15) is 25.3 Å². The van der Waals surface area contributed by atoms with Crippen molar-refractivity contribution in [3.63, 3.8) is 0 Å². The number of amides is 1. The Kier molecular flexibility index (Phi) is 10.5. The molecule has 9 heteroatoms. The van der Waals surface area contributed by atoms with Gasteiger partial charge in [0.05, 0.1) is 18.8 Å². The van der Waals surface area contributed by atoms with Crippen molar-refractivity contribution in [3.8, 4) is 11.5 Å². The lowest BCUT2D eigenvalue weighted by molar-refractivity contribution is 0.0697. The van der Waals surface area contributed by atoms with Crippen molar-refractivity contribution in [2.75, 3.05) is 32.8 Å². The van der Waals surface area contributed by atoms with E-state index in [4.69, 9.17) is 14.2 Å². The normalized spacial score (nSPS) is 15.6. The lowest BCUT2D eigenvalue weighted by Crippen LogP contribution is -2.53. The van der Waals surface area contributed by atoms with Gasteiger partial charge < -0.3 is 24.4 Å². The summed E-state index contributed by atoms with van der Waals surface area (Å²) in [7, 11) is 0. The van der Waals surface area contributed by atoms with E-state index in [9.17, 15) is 13.6 Å². The van der Waals surface area contributed by atoms with Gasteiger partial charge in [-0.2, -0.15) is 0 Å². The van der Waals surface area contributed by atoms with Gasteiger partial charge in [-0.05, 0) is 30.7 Å². The number of hydrogen-bond donors (Lipinski definition) is 1. The van der Waals surface area contributed by atoms with Gasteiger partial charge in [0, 0.05) is 32.1 Å². The van der Waals surface area contributed by atoms with Crippen LogP contribution in [-0.2, 0) is 11.3 Å². The van der Waals surface area contributed by atoms with E-state index >= 15 is 0 Å². The summed E-state index contributed by atoms with van der Waals surface area (Å²) in [5.41, 5.74) is -0.324. The zero-order valence-corrected chi connectivity index (χ0v) is 18.8. The average molecular weight is 471 g/mol. The monoisotopic (exact) mass is 470 g/mol. The minimum atomic E-state index is -0.857. The summed E-state index contributed by atoms with van der Waals surface area (Å²) in [4.78, 5) is 14.0. The minimum absolute atomic E-state index is 0. The molecule has 0 aliphatic carbocycles. The Hall–Kier alpha value is -2.58. The van der Waals surface area contributed by atoms with E-state index < -0.39 is 24.3 Å². The fourth-order valence-corrected chi connectivity index (χ4v) is 3.35. The molecule has 1 aliphatic rings. The maximum Gasteiger partial charge on any atom is 0.410 e. The van der Waals surface area contributed by atoms with Crippen LogP contribution in [0, 0.1) is 11.6 Å². The fourth-order valence-electron chi connectivity index (χ4n) is 3.35. The molecule has 1 N–H and O–H groups in total. The molecule has 6 nitrogen and oxygen atoms in total. The maximum absolute atomic E-state index is 14.7. The fraction of sp³-hybridized carbons (Fsp3) is 0.435. The lowest BCUT2D eigenvalue weighted by atomic mass is 10.1. The number of halogens is 3. The van der Waals surface area contributed by atoms with E-state index in [1.807, 2.05) is 37.3 Å². The number of benzene rings is 2. The summed E-state index contributed by atoms with van der Waals surface area (Å²) in [5, 5.41) is 3.21. The van der Waals surface area contributed by atoms with E-state index in [-0.39, 0.29) is 36.4 Å². The van der Waals surface area contributed by atoms with Crippen molar-refractivity contribution in [2.45, 2.75) is 32.4 Å². The molecule has 0 radical (unpaired) electrons. The molecule has 1 saturated heterocycles. The molecule has 1 amide bonds. The number of para-hydroxylation sites is 1. The second-order valence-electron chi connectivity index (χ2n) is 7.22. The van der Waals surface area contributed by atoms with Crippen LogP contribution in [0.4, 0.5) is 13.6 Å². The van der Waals surface area contributed by atoms with Crippen LogP contribution in [0.15, 0.2) is 42.5 Å². The number of rotatable bonds is 9. The van der Waals surface area contributed by atoms with Crippen LogP contribution < -0.4 is 14.8 Å². The summed E-state index contributed by atoms with van der Waals surface area (Å²) in [5.74, 6) is -0.975. The zero-order valence-electron chi connectivity index (χ0n) is 18.0. The Bertz CT molecular complexity index is 857. The molecule has 32 heavy (non-hydrogen) atoms. The van der Waals surface area contributed by atoms with Gasteiger partial charge in [0.15, 0.2) is 11.6 Å². The van der Waals surface area contributed by atoms with E-state index in [2.05, 4.69) is 5.32 Å². The third-order valence-electron chi connectivity index (χ3n) is 5.10. The summed E-state index contributed by atoms with van der Waals surface area (Å²) < 4.78 is 45.1. The first-order chi connectivity index (χ1) is 15.1. The molecule has 0 aromatic heterocycles. The molecule has 1 heterocycles. The van der Waals surface area contributed by atoms with Gasteiger partial charge >= 0.3 is 6.09 Å². The topological polar surface area (TPSA) is 60.0 Å². The molecule has 1 unspecified atom stereocenters. The Morgan fingerprint density at radius 2 is 1.88 bits per heavy atom. The number of nitrogens with one attached hydrogen (secondary N) is 1. The van der Waals surface area contributed by atoms with Crippen LogP contribution >= 0.6 is 12.4 Å². The Morgan fingerprint density at radius 3 is 2.62 bits per heavy atom. The molecule has 2 aromatic rings. The van der Waals surface area contributed by atoms with Gasteiger partial charge in [-0.1, -0.05) is 25.1 Å². The molecule has 0 bridgehead atoms. The van der Waals surface area contributed by atoms with Gasteiger partial charge in [0.25, 0.3) is 0 Å². The summed E-state index contributed by atoms with van der Waals surface area (Å²) in [6.07, 6.45) is 0.719. The van der Waals surface area contributed by atoms with Crippen molar-refractivity contribution in [1.82, 2.24) is 10.2 Å². The standard InChI is InChI=1S/C23H28F2N2O4.ClH/c1-2-17-15-26-11-12-27(17)23(28)31-16-19-20(24)9-10-21(22(19)25)30-14-6-13-29-18-7-4-3-5-8-18;/h3-5,7-10,17,26H,2,6,11-16H2,1H3;1H. The second kappa shape index (κ2) is 13.1. The van der Waals surface area contributed by atoms with Crippen LogP contribution in [-0.4, -0.2) is 49.9 Å². The van der Waals surface area contributed by atoms with Gasteiger partial charge in [-0.15, -0.1) is 12.4 Å². The summed E-state index contributed by atoms with van der Waals surface area (Å²) >= 11 is 0. The predicted octanol–water partition coefficient (Wildman–Crippen LogP) is 4.55. The molecule has 1 fully saturated rings. The molecule has 0 spiro atoms. The van der Waals surface area contributed by atoms with Crippen LogP contribution in [0.2, 0.25) is 0 Å². The third kappa shape index (κ3) is 6.97. The number of ether oxygens (including phenoxy) is 3. The second-order valence-corrected chi connectivity index (χ2v) is 7.22. The number of carbonyl (C=O) groups excluding carboxylic acids is 1. The predicted molar refractivity (Wildman–Crippen MR) is 119 cm³/mol. The number of carbonyl (C=O) groups is 1. The first kappa shape index (κ1) is 25.7. The lowest BCUT2D eigenvalue weighted by Gasteiger charge is -2.34. The van der Waals surface area contributed by atoms with E-state index in [1.54, 1.807) is 4.90 Å². The highest BCUT2D eigenvalue weighted by Crippen LogP contribution is 2.24.